The highest BCUT2D eigenvalue weighted by molar-refractivity contribution is 9.10. The van der Waals surface area contributed by atoms with E-state index in [9.17, 15) is 4.79 Å². The van der Waals surface area contributed by atoms with Crippen LogP contribution in [0.25, 0.3) is 0 Å². The van der Waals surface area contributed by atoms with E-state index in [1.807, 2.05) is 11.0 Å². The minimum Gasteiger partial charge on any atom is -0.482 e. The van der Waals surface area contributed by atoms with Crippen molar-refractivity contribution >= 4 is 33.4 Å². The molecule has 1 heterocycles. The van der Waals surface area contributed by atoms with Gasteiger partial charge in [-0.25, -0.2) is 0 Å². The van der Waals surface area contributed by atoms with Crippen LogP contribution in [0.2, 0.25) is 5.02 Å². The van der Waals surface area contributed by atoms with Crippen LogP contribution in [0, 0.1) is 0 Å². The van der Waals surface area contributed by atoms with Crippen LogP contribution in [0.4, 0.5) is 0 Å². The molecule has 1 aromatic carbocycles. The molecular weight excluding hydrogens is 342 g/mol. The van der Waals surface area contributed by atoms with E-state index < -0.39 is 0 Å². The molecule has 0 aliphatic carbocycles. The van der Waals surface area contributed by atoms with Crippen molar-refractivity contribution in [2.75, 3.05) is 6.61 Å². The van der Waals surface area contributed by atoms with E-state index in [1.165, 1.54) is 6.42 Å². The fourth-order valence-electron chi connectivity index (χ4n) is 2.72. The molecule has 2 rings (SSSR count). The molecule has 2 atom stereocenters. The normalized spacial score (nSPS) is 22.7. The first-order valence-electron chi connectivity index (χ1n) is 6.88. The lowest BCUT2D eigenvalue weighted by Gasteiger charge is -2.39. The first kappa shape index (κ1) is 15.6. The van der Waals surface area contributed by atoms with Gasteiger partial charge in [0.1, 0.15) is 5.75 Å². The number of carbonyl (C=O) groups is 1. The van der Waals surface area contributed by atoms with Crippen molar-refractivity contribution in [2.24, 2.45) is 0 Å². The van der Waals surface area contributed by atoms with E-state index in [4.69, 9.17) is 16.3 Å². The Labute approximate surface area is 133 Å². The monoisotopic (exact) mass is 359 g/mol. The molecule has 1 amide bonds. The van der Waals surface area contributed by atoms with E-state index in [0.717, 1.165) is 17.3 Å². The van der Waals surface area contributed by atoms with Gasteiger partial charge in [-0.15, -0.1) is 0 Å². The van der Waals surface area contributed by atoms with Crippen molar-refractivity contribution in [3.63, 3.8) is 0 Å². The predicted molar refractivity (Wildman–Crippen MR) is 84.3 cm³/mol. The van der Waals surface area contributed by atoms with Crippen molar-refractivity contribution in [3.05, 3.63) is 27.7 Å². The zero-order valence-electron chi connectivity index (χ0n) is 11.7. The lowest BCUT2D eigenvalue weighted by atomic mass is 9.97. The van der Waals surface area contributed by atoms with Crippen LogP contribution in [0.5, 0.6) is 5.75 Å². The molecule has 0 spiro atoms. The first-order chi connectivity index (χ1) is 9.49. The Hall–Kier alpha value is -0.740. The van der Waals surface area contributed by atoms with Gasteiger partial charge >= 0.3 is 0 Å². The van der Waals surface area contributed by atoms with Gasteiger partial charge in [0.05, 0.1) is 5.02 Å². The van der Waals surface area contributed by atoms with Crippen molar-refractivity contribution in [1.82, 2.24) is 4.90 Å². The Bertz CT molecular complexity index is 485. The van der Waals surface area contributed by atoms with Crippen molar-refractivity contribution in [1.29, 1.82) is 0 Å². The number of hydrogen-bond donors (Lipinski definition) is 0. The molecule has 0 saturated carbocycles. The SMILES string of the molecule is C[C@H]1CCC[C@H](C)N1C(=O)COc1ccc(Br)cc1Cl. The summed E-state index contributed by atoms with van der Waals surface area (Å²) in [5.41, 5.74) is 0. The lowest BCUT2D eigenvalue weighted by Crippen LogP contribution is -2.49. The second-order valence-electron chi connectivity index (χ2n) is 5.29. The molecule has 0 aromatic heterocycles. The maximum absolute atomic E-state index is 12.3. The zero-order valence-corrected chi connectivity index (χ0v) is 14.1. The number of piperidine rings is 1. The molecule has 110 valence electrons. The summed E-state index contributed by atoms with van der Waals surface area (Å²) in [5, 5.41) is 0.506. The highest BCUT2D eigenvalue weighted by atomic mass is 79.9. The van der Waals surface area contributed by atoms with Gasteiger partial charge in [0.25, 0.3) is 5.91 Å². The number of halogens is 2. The number of hydrogen-bond acceptors (Lipinski definition) is 2. The number of carbonyl (C=O) groups excluding carboxylic acids is 1. The molecule has 3 nitrogen and oxygen atoms in total. The summed E-state index contributed by atoms with van der Waals surface area (Å²) < 4.78 is 6.45. The molecule has 0 radical (unpaired) electrons. The molecule has 1 aliphatic rings. The quantitative estimate of drug-likeness (QED) is 0.805. The largest absolute Gasteiger partial charge is 0.482 e. The Morgan fingerprint density at radius 3 is 2.65 bits per heavy atom. The Balaban J connectivity index is 1.97. The highest BCUT2D eigenvalue weighted by Crippen LogP contribution is 2.28. The number of rotatable bonds is 3. The third kappa shape index (κ3) is 3.67. The topological polar surface area (TPSA) is 29.5 Å². The summed E-state index contributed by atoms with van der Waals surface area (Å²) >= 11 is 9.42. The second kappa shape index (κ2) is 6.81. The summed E-state index contributed by atoms with van der Waals surface area (Å²) in [5.74, 6) is 0.573. The number of nitrogens with zero attached hydrogens (tertiary/aromatic N) is 1. The summed E-state index contributed by atoms with van der Waals surface area (Å²) in [4.78, 5) is 14.3. The number of ether oxygens (including phenoxy) is 1. The fraction of sp³-hybridized carbons (Fsp3) is 0.533. The minimum atomic E-state index is 0.0312. The molecular formula is C15H19BrClNO2. The predicted octanol–water partition coefficient (Wildman–Crippen LogP) is 4.27. The lowest BCUT2D eigenvalue weighted by molar-refractivity contribution is -0.139. The van der Waals surface area contributed by atoms with Gasteiger partial charge in [-0.1, -0.05) is 27.5 Å². The standard InChI is InChI=1S/C15H19BrClNO2/c1-10-4-3-5-11(2)18(10)15(19)9-20-14-7-6-12(16)8-13(14)17/h6-8,10-11H,3-5,9H2,1-2H3/t10-,11-/m0/s1. The van der Waals surface area contributed by atoms with Gasteiger partial charge in [0.15, 0.2) is 6.61 Å². The average molecular weight is 361 g/mol. The van der Waals surface area contributed by atoms with Crippen molar-refractivity contribution < 1.29 is 9.53 Å². The zero-order chi connectivity index (χ0) is 14.7. The fourth-order valence-corrected chi connectivity index (χ4v) is 3.45. The molecule has 1 aliphatic heterocycles. The van der Waals surface area contributed by atoms with E-state index in [1.54, 1.807) is 12.1 Å². The van der Waals surface area contributed by atoms with Crippen LogP contribution >= 0.6 is 27.5 Å². The van der Waals surface area contributed by atoms with Gasteiger partial charge < -0.3 is 9.64 Å². The van der Waals surface area contributed by atoms with Crippen LogP contribution < -0.4 is 4.74 Å². The van der Waals surface area contributed by atoms with Crippen molar-refractivity contribution in [3.8, 4) is 5.75 Å². The summed E-state index contributed by atoms with van der Waals surface area (Å²) in [6.07, 6.45) is 3.32. The molecule has 1 aromatic rings. The van der Waals surface area contributed by atoms with Crippen LogP contribution in [-0.2, 0) is 4.79 Å². The smallest absolute Gasteiger partial charge is 0.260 e. The average Bonchev–Trinajstić information content (AvgIpc) is 2.37. The Morgan fingerprint density at radius 1 is 1.40 bits per heavy atom. The van der Waals surface area contributed by atoms with Gasteiger partial charge in [0, 0.05) is 16.6 Å². The van der Waals surface area contributed by atoms with Crippen LogP contribution in [0.15, 0.2) is 22.7 Å². The molecule has 1 fully saturated rings. The maximum Gasteiger partial charge on any atom is 0.260 e. The molecule has 0 N–H and O–H groups in total. The van der Waals surface area contributed by atoms with Gasteiger partial charge in [0.2, 0.25) is 0 Å². The van der Waals surface area contributed by atoms with E-state index in [-0.39, 0.29) is 24.6 Å². The molecule has 1 saturated heterocycles. The number of amides is 1. The first-order valence-corrected chi connectivity index (χ1v) is 8.05. The number of likely N-dealkylation sites (tertiary alicyclic amines) is 1. The summed E-state index contributed by atoms with van der Waals surface area (Å²) in [6.45, 7) is 4.23. The van der Waals surface area contributed by atoms with Gasteiger partial charge in [-0.05, 0) is 51.3 Å². The van der Waals surface area contributed by atoms with Crippen LogP contribution in [-0.4, -0.2) is 29.5 Å². The summed E-state index contributed by atoms with van der Waals surface area (Å²) in [6, 6.07) is 5.94. The van der Waals surface area contributed by atoms with Gasteiger partial charge in [-0.3, -0.25) is 4.79 Å². The van der Waals surface area contributed by atoms with Gasteiger partial charge in [-0.2, -0.15) is 0 Å². The minimum absolute atomic E-state index is 0.0312. The van der Waals surface area contributed by atoms with E-state index >= 15 is 0 Å². The number of benzene rings is 1. The van der Waals surface area contributed by atoms with E-state index in [0.29, 0.717) is 10.8 Å². The van der Waals surface area contributed by atoms with Crippen molar-refractivity contribution in [2.45, 2.75) is 45.2 Å². The molecule has 20 heavy (non-hydrogen) atoms. The molecule has 5 heteroatoms. The summed E-state index contributed by atoms with van der Waals surface area (Å²) in [7, 11) is 0. The van der Waals surface area contributed by atoms with Crippen LogP contribution in [0.1, 0.15) is 33.1 Å². The third-order valence-corrected chi connectivity index (χ3v) is 4.52. The Kier molecular flexibility index (Phi) is 5.33. The van der Waals surface area contributed by atoms with E-state index in [2.05, 4.69) is 29.8 Å². The highest BCUT2D eigenvalue weighted by Gasteiger charge is 2.29. The molecule has 0 unspecified atom stereocenters. The Morgan fingerprint density at radius 2 is 2.05 bits per heavy atom. The third-order valence-electron chi connectivity index (χ3n) is 3.73. The van der Waals surface area contributed by atoms with Crippen LogP contribution in [0.3, 0.4) is 0 Å². The molecule has 0 bridgehead atoms. The second-order valence-corrected chi connectivity index (χ2v) is 6.62. The maximum atomic E-state index is 12.3.